The van der Waals surface area contributed by atoms with Crippen molar-refractivity contribution < 1.29 is 0 Å². The van der Waals surface area contributed by atoms with Gasteiger partial charge in [-0.25, -0.2) is 9.97 Å². The molecule has 2 aliphatic rings. The highest BCUT2D eigenvalue weighted by Gasteiger charge is 2.57. The fourth-order valence-corrected chi connectivity index (χ4v) is 2.79. The smallest absolute Gasteiger partial charge is 0.131 e. The molecular formula is C12H16BrN3. The van der Waals surface area contributed by atoms with Crippen LogP contribution in [0.4, 0.5) is 0 Å². The Labute approximate surface area is 104 Å². The van der Waals surface area contributed by atoms with Gasteiger partial charge in [0.05, 0.1) is 10.2 Å². The quantitative estimate of drug-likeness (QED) is 0.907. The summed E-state index contributed by atoms with van der Waals surface area (Å²) in [5.74, 6) is 1.99. The Morgan fingerprint density at radius 3 is 2.56 bits per heavy atom. The van der Waals surface area contributed by atoms with Crippen molar-refractivity contribution in [3.63, 3.8) is 0 Å². The summed E-state index contributed by atoms with van der Waals surface area (Å²) in [7, 11) is 0. The summed E-state index contributed by atoms with van der Waals surface area (Å²) in [5, 5.41) is 0. The lowest BCUT2D eigenvalue weighted by Gasteiger charge is -2.06. The molecule has 1 aromatic rings. The zero-order valence-corrected chi connectivity index (χ0v) is 11.2. The summed E-state index contributed by atoms with van der Waals surface area (Å²) in [5.41, 5.74) is 7.39. The topological polar surface area (TPSA) is 51.8 Å². The second kappa shape index (κ2) is 3.26. The zero-order valence-electron chi connectivity index (χ0n) is 9.57. The molecule has 86 valence electrons. The highest BCUT2D eigenvalue weighted by molar-refractivity contribution is 9.10. The van der Waals surface area contributed by atoms with E-state index in [1.54, 1.807) is 0 Å². The van der Waals surface area contributed by atoms with Crippen LogP contribution in [0.2, 0.25) is 0 Å². The predicted octanol–water partition coefficient (Wildman–Crippen LogP) is 2.57. The summed E-state index contributed by atoms with van der Waals surface area (Å²) >= 11 is 3.54. The van der Waals surface area contributed by atoms with E-state index in [2.05, 4.69) is 34.8 Å². The highest BCUT2D eigenvalue weighted by Crippen LogP contribution is 2.58. The first-order valence-electron chi connectivity index (χ1n) is 5.79. The third-order valence-electron chi connectivity index (χ3n) is 3.94. The molecule has 0 aliphatic heterocycles. The number of aromatic nitrogens is 2. The predicted molar refractivity (Wildman–Crippen MR) is 66.2 cm³/mol. The molecule has 2 N–H and O–H groups in total. The van der Waals surface area contributed by atoms with Gasteiger partial charge in [0.15, 0.2) is 0 Å². The van der Waals surface area contributed by atoms with Crippen LogP contribution in [0.3, 0.4) is 0 Å². The molecule has 1 aromatic heterocycles. The average molecular weight is 282 g/mol. The summed E-state index contributed by atoms with van der Waals surface area (Å²) in [6.07, 6.45) is 4.36. The Morgan fingerprint density at radius 1 is 1.44 bits per heavy atom. The van der Waals surface area contributed by atoms with E-state index in [9.17, 15) is 0 Å². The van der Waals surface area contributed by atoms with E-state index in [0.717, 1.165) is 16.0 Å². The maximum Gasteiger partial charge on any atom is 0.131 e. The first-order chi connectivity index (χ1) is 7.51. The van der Waals surface area contributed by atoms with Crippen LogP contribution >= 0.6 is 15.9 Å². The Balaban J connectivity index is 1.97. The third kappa shape index (κ3) is 1.51. The molecule has 2 atom stereocenters. The molecule has 2 saturated carbocycles. The van der Waals surface area contributed by atoms with Gasteiger partial charge in [-0.15, -0.1) is 0 Å². The number of hydrogen-bond donors (Lipinski definition) is 1. The number of nitrogens with zero attached hydrogens (tertiary/aromatic N) is 2. The average Bonchev–Trinajstić information content (AvgIpc) is 3.10. The Kier molecular flexibility index (Phi) is 2.17. The molecular weight excluding hydrogens is 266 g/mol. The van der Waals surface area contributed by atoms with Gasteiger partial charge in [-0.1, -0.05) is 13.8 Å². The van der Waals surface area contributed by atoms with E-state index in [1.807, 2.05) is 6.20 Å². The second-order valence-corrected chi connectivity index (χ2v) is 6.41. The normalized spacial score (nSPS) is 31.5. The maximum atomic E-state index is 6.11. The molecule has 0 radical (unpaired) electrons. The molecule has 2 unspecified atom stereocenters. The van der Waals surface area contributed by atoms with Gasteiger partial charge in [-0.3, -0.25) is 0 Å². The molecule has 2 fully saturated rings. The van der Waals surface area contributed by atoms with Crippen LogP contribution in [0.1, 0.15) is 50.0 Å². The van der Waals surface area contributed by atoms with E-state index in [4.69, 9.17) is 10.7 Å². The molecule has 0 aromatic carbocycles. The second-order valence-electron chi connectivity index (χ2n) is 5.56. The summed E-state index contributed by atoms with van der Waals surface area (Å²) in [4.78, 5) is 9.09. The van der Waals surface area contributed by atoms with Crippen LogP contribution in [0.25, 0.3) is 0 Å². The van der Waals surface area contributed by atoms with Gasteiger partial charge in [0.1, 0.15) is 5.82 Å². The highest BCUT2D eigenvalue weighted by atomic mass is 79.9. The monoisotopic (exact) mass is 281 g/mol. The minimum absolute atomic E-state index is 0.178. The van der Waals surface area contributed by atoms with Gasteiger partial charge in [-0.05, 0) is 34.2 Å². The zero-order chi connectivity index (χ0) is 11.5. The van der Waals surface area contributed by atoms with Crippen molar-refractivity contribution in [1.82, 2.24) is 9.97 Å². The lowest BCUT2D eigenvalue weighted by molar-refractivity contribution is 0.593. The summed E-state index contributed by atoms with van der Waals surface area (Å²) < 4.78 is 1.00. The molecule has 2 aliphatic carbocycles. The van der Waals surface area contributed by atoms with Crippen molar-refractivity contribution in [2.45, 2.75) is 44.6 Å². The lowest BCUT2D eigenvalue weighted by atomic mass is 10.1. The van der Waals surface area contributed by atoms with Crippen molar-refractivity contribution in [3.8, 4) is 0 Å². The third-order valence-corrected chi connectivity index (χ3v) is 4.55. The number of nitrogens with two attached hydrogens (primary N) is 1. The van der Waals surface area contributed by atoms with Crippen LogP contribution in [0, 0.1) is 5.41 Å². The fraction of sp³-hybridized carbons (Fsp3) is 0.667. The molecule has 3 rings (SSSR count). The van der Waals surface area contributed by atoms with Gasteiger partial charge in [0.25, 0.3) is 0 Å². The number of hydrogen-bond acceptors (Lipinski definition) is 3. The van der Waals surface area contributed by atoms with Crippen molar-refractivity contribution in [3.05, 3.63) is 22.2 Å². The molecule has 3 nitrogen and oxygen atoms in total. The summed E-state index contributed by atoms with van der Waals surface area (Å²) in [6, 6.07) is 0.228. The first-order valence-corrected chi connectivity index (χ1v) is 6.59. The minimum atomic E-state index is 0.178. The van der Waals surface area contributed by atoms with E-state index in [-0.39, 0.29) is 11.5 Å². The Bertz CT molecular complexity index is 440. The lowest BCUT2D eigenvalue weighted by Crippen LogP contribution is -2.07. The summed E-state index contributed by atoms with van der Waals surface area (Å²) in [6.45, 7) is 4.40. The molecule has 1 heterocycles. The largest absolute Gasteiger partial charge is 0.327 e. The van der Waals surface area contributed by atoms with Gasteiger partial charge in [0, 0.05) is 24.1 Å². The van der Waals surface area contributed by atoms with Gasteiger partial charge in [0.2, 0.25) is 0 Å². The SMILES string of the molecule is CC1(C)C(N)C1c1nc(C2CC2)ncc1Br. The molecule has 16 heavy (non-hydrogen) atoms. The van der Waals surface area contributed by atoms with Crippen LogP contribution in [-0.4, -0.2) is 16.0 Å². The van der Waals surface area contributed by atoms with Crippen molar-refractivity contribution in [1.29, 1.82) is 0 Å². The van der Waals surface area contributed by atoms with E-state index >= 15 is 0 Å². The van der Waals surface area contributed by atoms with Gasteiger partial charge in [-0.2, -0.15) is 0 Å². The number of rotatable bonds is 2. The standard InChI is InChI=1S/C12H16BrN3/c1-12(2)8(10(12)14)9-7(13)5-15-11(16-9)6-3-4-6/h5-6,8,10H,3-4,14H2,1-2H3. The van der Waals surface area contributed by atoms with Crippen molar-refractivity contribution >= 4 is 15.9 Å². The van der Waals surface area contributed by atoms with E-state index in [0.29, 0.717) is 11.8 Å². The Hall–Kier alpha value is -0.480. The van der Waals surface area contributed by atoms with Crippen molar-refractivity contribution in [2.75, 3.05) is 0 Å². The molecule has 0 saturated heterocycles. The maximum absolute atomic E-state index is 6.11. The Morgan fingerprint density at radius 2 is 2.06 bits per heavy atom. The van der Waals surface area contributed by atoms with E-state index < -0.39 is 0 Å². The van der Waals surface area contributed by atoms with E-state index in [1.165, 1.54) is 12.8 Å². The molecule has 0 bridgehead atoms. The van der Waals surface area contributed by atoms with Gasteiger partial charge < -0.3 is 5.73 Å². The number of halogens is 1. The molecule has 4 heteroatoms. The molecule has 0 spiro atoms. The van der Waals surface area contributed by atoms with Crippen LogP contribution in [-0.2, 0) is 0 Å². The van der Waals surface area contributed by atoms with Crippen LogP contribution in [0.15, 0.2) is 10.7 Å². The molecule has 0 amide bonds. The van der Waals surface area contributed by atoms with Gasteiger partial charge >= 0.3 is 0 Å². The first kappa shape index (κ1) is 10.7. The van der Waals surface area contributed by atoms with Crippen molar-refractivity contribution in [2.24, 2.45) is 11.1 Å². The minimum Gasteiger partial charge on any atom is -0.327 e. The fourth-order valence-electron chi connectivity index (χ4n) is 2.35. The van der Waals surface area contributed by atoms with Crippen LogP contribution in [0.5, 0.6) is 0 Å². The van der Waals surface area contributed by atoms with Crippen LogP contribution < -0.4 is 5.73 Å².